The predicted molar refractivity (Wildman–Crippen MR) is 126 cm³/mol. The molecule has 2 heterocycles. The number of carbonyl (C=O) groups is 2. The zero-order chi connectivity index (χ0) is 22.3. The molecule has 0 bridgehead atoms. The van der Waals surface area contributed by atoms with E-state index in [1.54, 1.807) is 12.0 Å². The van der Waals surface area contributed by atoms with E-state index >= 15 is 0 Å². The SMILES string of the molecule is COc1ccc(C2CCCCCN2C(=O)C2CCCN(C(=O)Nc3ccccc3)C2)cc1. The van der Waals surface area contributed by atoms with Crippen molar-refractivity contribution in [2.24, 2.45) is 5.92 Å². The lowest BCUT2D eigenvalue weighted by Gasteiger charge is -2.37. The number of anilines is 1. The molecular weight excluding hydrogens is 402 g/mol. The number of para-hydroxylation sites is 1. The van der Waals surface area contributed by atoms with E-state index in [1.165, 1.54) is 0 Å². The Bertz CT molecular complexity index is 900. The zero-order valence-electron chi connectivity index (χ0n) is 18.8. The molecule has 1 N–H and O–H groups in total. The summed E-state index contributed by atoms with van der Waals surface area (Å²) in [6.07, 6.45) is 5.95. The maximum atomic E-state index is 13.7. The van der Waals surface area contributed by atoms with Crippen LogP contribution in [0.1, 0.15) is 50.1 Å². The molecule has 0 spiro atoms. The number of methoxy groups -OCH3 is 1. The molecule has 6 heteroatoms. The van der Waals surface area contributed by atoms with Crippen LogP contribution >= 0.6 is 0 Å². The van der Waals surface area contributed by atoms with Crippen molar-refractivity contribution in [3.05, 3.63) is 60.2 Å². The average Bonchev–Trinajstić information content (AvgIpc) is 3.10. The zero-order valence-corrected chi connectivity index (χ0v) is 18.8. The van der Waals surface area contributed by atoms with Crippen LogP contribution in [-0.2, 0) is 4.79 Å². The van der Waals surface area contributed by atoms with Gasteiger partial charge in [-0.2, -0.15) is 0 Å². The van der Waals surface area contributed by atoms with Gasteiger partial charge in [-0.05, 0) is 55.5 Å². The van der Waals surface area contributed by atoms with Gasteiger partial charge in [-0.1, -0.05) is 43.2 Å². The fourth-order valence-corrected chi connectivity index (χ4v) is 4.87. The monoisotopic (exact) mass is 435 g/mol. The maximum absolute atomic E-state index is 13.7. The van der Waals surface area contributed by atoms with Crippen molar-refractivity contribution in [3.8, 4) is 5.75 Å². The topological polar surface area (TPSA) is 61.9 Å². The first-order valence-electron chi connectivity index (χ1n) is 11.7. The average molecular weight is 436 g/mol. The molecule has 3 amide bonds. The Labute approximate surface area is 190 Å². The summed E-state index contributed by atoms with van der Waals surface area (Å²) in [5.74, 6) is 0.863. The Morgan fingerprint density at radius 2 is 1.69 bits per heavy atom. The summed E-state index contributed by atoms with van der Waals surface area (Å²) in [6, 6.07) is 17.5. The Morgan fingerprint density at radius 1 is 0.906 bits per heavy atom. The highest BCUT2D eigenvalue weighted by Crippen LogP contribution is 2.33. The first-order valence-corrected chi connectivity index (χ1v) is 11.7. The summed E-state index contributed by atoms with van der Waals surface area (Å²) < 4.78 is 5.30. The van der Waals surface area contributed by atoms with E-state index in [2.05, 4.69) is 22.3 Å². The Morgan fingerprint density at radius 3 is 2.44 bits per heavy atom. The van der Waals surface area contributed by atoms with E-state index in [9.17, 15) is 9.59 Å². The summed E-state index contributed by atoms with van der Waals surface area (Å²) >= 11 is 0. The molecule has 2 aromatic carbocycles. The van der Waals surface area contributed by atoms with Crippen LogP contribution < -0.4 is 10.1 Å². The van der Waals surface area contributed by atoms with Crippen LogP contribution in [0.3, 0.4) is 0 Å². The minimum Gasteiger partial charge on any atom is -0.497 e. The smallest absolute Gasteiger partial charge is 0.321 e. The van der Waals surface area contributed by atoms with Gasteiger partial charge in [0.25, 0.3) is 0 Å². The molecule has 2 atom stereocenters. The van der Waals surface area contributed by atoms with Crippen molar-refractivity contribution >= 4 is 17.6 Å². The highest BCUT2D eigenvalue weighted by molar-refractivity contribution is 5.90. The second-order valence-corrected chi connectivity index (χ2v) is 8.75. The van der Waals surface area contributed by atoms with E-state index in [0.717, 1.165) is 62.1 Å². The lowest BCUT2D eigenvalue weighted by molar-refractivity contribution is -0.139. The van der Waals surface area contributed by atoms with E-state index in [0.29, 0.717) is 13.1 Å². The lowest BCUT2D eigenvalue weighted by atomic mass is 9.94. The van der Waals surface area contributed by atoms with Gasteiger partial charge in [-0.15, -0.1) is 0 Å². The van der Waals surface area contributed by atoms with Crippen molar-refractivity contribution in [2.75, 3.05) is 32.1 Å². The summed E-state index contributed by atoms with van der Waals surface area (Å²) in [6.45, 7) is 1.94. The fraction of sp³-hybridized carbons (Fsp3) is 0.462. The maximum Gasteiger partial charge on any atom is 0.321 e. The molecule has 2 aromatic rings. The van der Waals surface area contributed by atoms with Gasteiger partial charge < -0.3 is 19.9 Å². The molecule has 0 radical (unpaired) electrons. The normalized spacial score (nSPS) is 21.5. The first-order chi connectivity index (χ1) is 15.7. The molecule has 2 saturated heterocycles. The number of piperidine rings is 1. The van der Waals surface area contributed by atoms with Crippen LogP contribution in [0.25, 0.3) is 0 Å². The minimum atomic E-state index is -0.149. The third-order valence-electron chi connectivity index (χ3n) is 6.62. The van der Waals surface area contributed by atoms with Gasteiger partial charge in [0, 0.05) is 25.3 Å². The number of nitrogens with one attached hydrogen (secondary N) is 1. The number of likely N-dealkylation sites (tertiary alicyclic amines) is 2. The number of nitrogens with zero attached hydrogens (tertiary/aromatic N) is 2. The summed E-state index contributed by atoms with van der Waals surface area (Å²) in [7, 11) is 1.67. The van der Waals surface area contributed by atoms with E-state index in [4.69, 9.17) is 4.74 Å². The first kappa shape index (κ1) is 22.2. The summed E-state index contributed by atoms with van der Waals surface area (Å²) in [5, 5.41) is 2.96. The minimum absolute atomic E-state index is 0.0874. The van der Waals surface area contributed by atoms with E-state index in [1.807, 2.05) is 42.5 Å². The highest BCUT2D eigenvalue weighted by atomic mass is 16.5. The molecule has 2 aliphatic heterocycles. The molecule has 2 fully saturated rings. The number of rotatable bonds is 4. The fourth-order valence-electron chi connectivity index (χ4n) is 4.87. The Hall–Kier alpha value is -3.02. The van der Waals surface area contributed by atoms with Crippen molar-refractivity contribution in [1.29, 1.82) is 0 Å². The predicted octanol–water partition coefficient (Wildman–Crippen LogP) is 5.08. The number of ether oxygens (including phenoxy) is 1. The number of hydrogen-bond donors (Lipinski definition) is 1. The molecule has 2 aliphatic rings. The van der Waals surface area contributed by atoms with Gasteiger partial charge in [-0.25, -0.2) is 4.79 Å². The number of carbonyl (C=O) groups excluding carboxylic acids is 2. The molecule has 6 nitrogen and oxygen atoms in total. The highest BCUT2D eigenvalue weighted by Gasteiger charge is 2.35. The van der Waals surface area contributed by atoms with E-state index < -0.39 is 0 Å². The quantitative estimate of drug-likeness (QED) is 0.728. The second kappa shape index (κ2) is 10.5. The number of amides is 3. The molecular formula is C26H33N3O3. The molecule has 0 aromatic heterocycles. The molecule has 0 aliphatic carbocycles. The van der Waals surface area contributed by atoms with Gasteiger partial charge in [0.05, 0.1) is 19.1 Å². The van der Waals surface area contributed by atoms with Gasteiger partial charge in [0.1, 0.15) is 5.75 Å². The standard InChI is InChI=1S/C26H33N3O3/c1-32-23-15-13-20(14-16-23)24-12-6-3-7-18-29(24)25(30)21-9-8-17-28(19-21)26(31)27-22-10-4-2-5-11-22/h2,4-5,10-11,13-16,21,24H,3,6-9,12,17-19H2,1H3,(H,27,31). The van der Waals surface area contributed by atoms with Gasteiger partial charge in [0.15, 0.2) is 0 Å². The van der Waals surface area contributed by atoms with Gasteiger partial charge in [-0.3, -0.25) is 4.79 Å². The van der Waals surface area contributed by atoms with Crippen molar-refractivity contribution in [2.45, 2.75) is 44.6 Å². The van der Waals surface area contributed by atoms with E-state index in [-0.39, 0.29) is 23.9 Å². The van der Waals surface area contributed by atoms with Gasteiger partial charge in [0.2, 0.25) is 5.91 Å². The largest absolute Gasteiger partial charge is 0.497 e. The Balaban J connectivity index is 1.46. The third kappa shape index (κ3) is 5.23. The number of hydrogen-bond acceptors (Lipinski definition) is 3. The molecule has 0 saturated carbocycles. The van der Waals surface area contributed by atoms with Crippen molar-refractivity contribution < 1.29 is 14.3 Å². The van der Waals surface area contributed by atoms with Crippen LogP contribution in [-0.4, -0.2) is 48.5 Å². The lowest BCUT2D eigenvalue weighted by Crippen LogP contribution is -2.48. The third-order valence-corrected chi connectivity index (χ3v) is 6.62. The van der Waals surface area contributed by atoms with Crippen LogP contribution in [0.2, 0.25) is 0 Å². The molecule has 2 unspecified atom stereocenters. The van der Waals surface area contributed by atoms with Crippen molar-refractivity contribution in [1.82, 2.24) is 9.80 Å². The second-order valence-electron chi connectivity index (χ2n) is 8.75. The van der Waals surface area contributed by atoms with Crippen LogP contribution in [0.5, 0.6) is 5.75 Å². The molecule has 4 rings (SSSR count). The van der Waals surface area contributed by atoms with Crippen LogP contribution in [0.4, 0.5) is 10.5 Å². The summed E-state index contributed by atoms with van der Waals surface area (Å²) in [4.78, 5) is 30.3. The van der Waals surface area contributed by atoms with Gasteiger partial charge >= 0.3 is 6.03 Å². The number of urea groups is 1. The van der Waals surface area contributed by atoms with Crippen LogP contribution in [0, 0.1) is 5.92 Å². The van der Waals surface area contributed by atoms with Crippen molar-refractivity contribution in [3.63, 3.8) is 0 Å². The molecule has 170 valence electrons. The van der Waals surface area contributed by atoms with Crippen LogP contribution in [0.15, 0.2) is 54.6 Å². The Kier molecular flexibility index (Phi) is 7.30. The number of benzene rings is 2. The summed E-state index contributed by atoms with van der Waals surface area (Å²) in [5.41, 5.74) is 1.94. The molecule has 32 heavy (non-hydrogen) atoms.